The molecule has 0 radical (unpaired) electrons. The molecule has 2 rings (SSSR count). The van der Waals surface area contributed by atoms with Crippen LogP contribution in [0.4, 0.5) is 11.9 Å². The molecule has 0 saturated carbocycles. The summed E-state index contributed by atoms with van der Waals surface area (Å²) in [6.07, 6.45) is 4.01. The molecule has 8 heteroatoms. The van der Waals surface area contributed by atoms with E-state index in [4.69, 9.17) is 0 Å². The quantitative estimate of drug-likeness (QED) is 0.802. The molecule has 0 aliphatic rings. The lowest BCUT2D eigenvalue weighted by Crippen LogP contribution is -2.24. The molecule has 2 N–H and O–H groups in total. The van der Waals surface area contributed by atoms with Gasteiger partial charge in [0.25, 0.3) is 5.95 Å². The maximum absolute atomic E-state index is 4.40. The van der Waals surface area contributed by atoms with E-state index in [9.17, 15) is 0 Å². The number of hydrogen-bond donors (Lipinski definition) is 2. The van der Waals surface area contributed by atoms with E-state index in [1.807, 2.05) is 0 Å². The summed E-state index contributed by atoms with van der Waals surface area (Å²) in [5.41, 5.74) is 0. The lowest BCUT2D eigenvalue weighted by Gasteiger charge is -2.18. The van der Waals surface area contributed by atoms with Gasteiger partial charge in [0.05, 0.1) is 0 Å². The molecule has 0 amide bonds. The molecule has 2 aromatic heterocycles. The van der Waals surface area contributed by atoms with Gasteiger partial charge in [-0.1, -0.05) is 20.8 Å². The highest BCUT2D eigenvalue weighted by atomic mass is 15.4. The Balaban J connectivity index is 2.28. The molecule has 0 aromatic carbocycles. The Kier molecular flexibility index (Phi) is 5.02. The predicted octanol–water partition coefficient (Wildman–Crippen LogP) is 1.73. The van der Waals surface area contributed by atoms with Gasteiger partial charge in [-0.05, 0) is 19.3 Å². The van der Waals surface area contributed by atoms with Crippen LogP contribution in [0.25, 0.3) is 5.95 Å². The molecule has 2 aromatic rings. The lowest BCUT2D eigenvalue weighted by molar-refractivity contribution is 0.555. The van der Waals surface area contributed by atoms with Gasteiger partial charge < -0.3 is 10.6 Å². The van der Waals surface area contributed by atoms with Gasteiger partial charge in [-0.25, -0.2) is 4.98 Å². The van der Waals surface area contributed by atoms with Crippen LogP contribution in [0.1, 0.15) is 34.1 Å². The Morgan fingerprint density at radius 1 is 1.14 bits per heavy atom. The lowest BCUT2D eigenvalue weighted by atomic mass is 10.1. The third-order valence-corrected chi connectivity index (χ3v) is 3.14. The second-order valence-corrected chi connectivity index (χ2v) is 5.23. The highest BCUT2D eigenvalue weighted by molar-refractivity contribution is 5.38. The zero-order chi connectivity index (χ0) is 15.2. The molecule has 0 saturated heterocycles. The first kappa shape index (κ1) is 15.1. The normalized spacial score (nSPS) is 12.4. The molecule has 0 bridgehead atoms. The molecular weight excluding hydrogens is 268 g/mol. The topological polar surface area (TPSA) is 93.4 Å². The fourth-order valence-electron chi connectivity index (χ4n) is 1.53. The van der Waals surface area contributed by atoms with Gasteiger partial charge in [0.1, 0.15) is 12.7 Å². The van der Waals surface area contributed by atoms with Crippen molar-refractivity contribution in [3.63, 3.8) is 0 Å². The largest absolute Gasteiger partial charge is 0.354 e. The van der Waals surface area contributed by atoms with Crippen molar-refractivity contribution in [3.05, 3.63) is 12.7 Å². The van der Waals surface area contributed by atoms with Crippen molar-refractivity contribution in [2.24, 2.45) is 5.92 Å². The van der Waals surface area contributed by atoms with Gasteiger partial charge in [0.15, 0.2) is 0 Å². The van der Waals surface area contributed by atoms with Gasteiger partial charge in [0.2, 0.25) is 11.9 Å². The van der Waals surface area contributed by atoms with E-state index in [1.165, 1.54) is 11.0 Å². The number of rotatable bonds is 7. The van der Waals surface area contributed by atoms with Crippen LogP contribution < -0.4 is 10.6 Å². The SMILES string of the molecule is CCCNc1nc(NC(C)C(C)C)nc(-n2cncn2)n1. The van der Waals surface area contributed by atoms with E-state index in [0.717, 1.165) is 13.0 Å². The van der Waals surface area contributed by atoms with Gasteiger partial charge in [-0.3, -0.25) is 0 Å². The fraction of sp³-hybridized carbons (Fsp3) is 0.615. The third kappa shape index (κ3) is 4.11. The fourth-order valence-corrected chi connectivity index (χ4v) is 1.53. The average molecular weight is 290 g/mol. The first-order valence-corrected chi connectivity index (χ1v) is 7.21. The van der Waals surface area contributed by atoms with Crippen LogP contribution in [-0.2, 0) is 0 Å². The minimum Gasteiger partial charge on any atom is -0.354 e. The first-order chi connectivity index (χ1) is 10.1. The van der Waals surface area contributed by atoms with Gasteiger partial charge in [-0.15, -0.1) is 0 Å². The van der Waals surface area contributed by atoms with E-state index >= 15 is 0 Å². The van der Waals surface area contributed by atoms with Crippen molar-refractivity contribution in [3.8, 4) is 5.95 Å². The Morgan fingerprint density at radius 2 is 1.90 bits per heavy atom. The molecular formula is C13H22N8. The van der Waals surface area contributed by atoms with E-state index < -0.39 is 0 Å². The van der Waals surface area contributed by atoms with Gasteiger partial charge in [-0.2, -0.15) is 24.7 Å². The van der Waals surface area contributed by atoms with Crippen LogP contribution in [0.2, 0.25) is 0 Å². The van der Waals surface area contributed by atoms with E-state index in [2.05, 4.69) is 63.4 Å². The number of nitrogens with zero attached hydrogens (tertiary/aromatic N) is 6. The van der Waals surface area contributed by atoms with Crippen molar-refractivity contribution in [1.29, 1.82) is 0 Å². The van der Waals surface area contributed by atoms with Crippen molar-refractivity contribution in [2.45, 2.75) is 40.2 Å². The summed E-state index contributed by atoms with van der Waals surface area (Å²) in [6.45, 7) is 9.29. The Bertz CT molecular complexity index is 551. The predicted molar refractivity (Wildman–Crippen MR) is 81.4 cm³/mol. The summed E-state index contributed by atoms with van der Waals surface area (Å²) in [5.74, 6) is 1.99. The molecule has 0 aliphatic carbocycles. The zero-order valence-corrected chi connectivity index (χ0v) is 12.9. The van der Waals surface area contributed by atoms with Crippen LogP contribution >= 0.6 is 0 Å². The second-order valence-electron chi connectivity index (χ2n) is 5.23. The average Bonchev–Trinajstić information content (AvgIpc) is 2.99. The smallest absolute Gasteiger partial charge is 0.258 e. The molecule has 0 fully saturated rings. The van der Waals surface area contributed by atoms with Crippen LogP contribution in [0.3, 0.4) is 0 Å². The van der Waals surface area contributed by atoms with Crippen LogP contribution in [0, 0.1) is 5.92 Å². The summed E-state index contributed by atoms with van der Waals surface area (Å²) in [4.78, 5) is 17.1. The van der Waals surface area contributed by atoms with Crippen molar-refractivity contribution in [1.82, 2.24) is 29.7 Å². The molecule has 0 spiro atoms. The van der Waals surface area contributed by atoms with Crippen LogP contribution in [-0.4, -0.2) is 42.3 Å². The molecule has 1 unspecified atom stereocenters. The Hall–Kier alpha value is -2.25. The Labute approximate surface area is 124 Å². The molecule has 8 nitrogen and oxygen atoms in total. The highest BCUT2D eigenvalue weighted by Gasteiger charge is 2.12. The number of nitrogens with one attached hydrogen (secondary N) is 2. The number of hydrogen-bond acceptors (Lipinski definition) is 7. The molecule has 114 valence electrons. The summed E-state index contributed by atoms with van der Waals surface area (Å²) in [6, 6.07) is 0.259. The standard InChI is InChI=1S/C13H22N8/c1-5-6-15-11-18-12(17-10(4)9(2)3)20-13(19-11)21-8-14-7-16-21/h7-10H,5-6H2,1-4H3,(H2,15,17,18,19,20). The van der Waals surface area contributed by atoms with Gasteiger partial charge in [0, 0.05) is 12.6 Å². The minimum atomic E-state index is 0.259. The molecule has 21 heavy (non-hydrogen) atoms. The van der Waals surface area contributed by atoms with Crippen molar-refractivity contribution in [2.75, 3.05) is 17.2 Å². The zero-order valence-electron chi connectivity index (χ0n) is 12.9. The van der Waals surface area contributed by atoms with Crippen molar-refractivity contribution >= 4 is 11.9 Å². The van der Waals surface area contributed by atoms with Crippen LogP contribution in [0.15, 0.2) is 12.7 Å². The highest BCUT2D eigenvalue weighted by Crippen LogP contribution is 2.12. The summed E-state index contributed by atoms with van der Waals surface area (Å²) in [5, 5.41) is 10.5. The van der Waals surface area contributed by atoms with E-state index in [1.54, 1.807) is 6.33 Å². The maximum Gasteiger partial charge on any atom is 0.258 e. The number of aromatic nitrogens is 6. The van der Waals surface area contributed by atoms with E-state index in [0.29, 0.717) is 23.8 Å². The monoisotopic (exact) mass is 290 g/mol. The summed E-state index contributed by atoms with van der Waals surface area (Å²) >= 11 is 0. The second kappa shape index (κ2) is 6.96. The third-order valence-electron chi connectivity index (χ3n) is 3.14. The first-order valence-electron chi connectivity index (χ1n) is 7.21. The van der Waals surface area contributed by atoms with E-state index in [-0.39, 0.29) is 6.04 Å². The Morgan fingerprint density at radius 3 is 2.52 bits per heavy atom. The molecule has 2 heterocycles. The van der Waals surface area contributed by atoms with Gasteiger partial charge >= 0.3 is 0 Å². The summed E-state index contributed by atoms with van der Waals surface area (Å²) < 4.78 is 1.52. The molecule has 0 aliphatic heterocycles. The van der Waals surface area contributed by atoms with Crippen molar-refractivity contribution < 1.29 is 0 Å². The van der Waals surface area contributed by atoms with Crippen LogP contribution in [0.5, 0.6) is 0 Å². The summed E-state index contributed by atoms with van der Waals surface area (Å²) in [7, 11) is 0. The number of anilines is 2. The molecule has 1 atom stereocenters. The maximum atomic E-state index is 4.40. The minimum absolute atomic E-state index is 0.259.